The Labute approximate surface area is 127 Å². The molecule has 2 atom stereocenters. The molecule has 0 spiro atoms. The van der Waals surface area contributed by atoms with Crippen molar-refractivity contribution in [1.82, 2.24) is 10.2 Å². The molecule has 0 radical (unpaired) electrons. The monoisotopic (exact) mass is 289 g/mol. The first kappa shape index (κ1) is 16.0. The molecule has 0 unspecified atom stereocenters. The van der Waals surface area contributed by atoms with E-state index in [2.05, 4.69) is 34.5 Å². The third-order valence-corrected chi connectivity index (χ3v) is 3.93. The fourth-order valence-corrected chi connectivity index (χ4v) is 3.07. The van der Waals surface area contributed by atoms with Crippen molar-refractivity contribution in [2.75, 3.05) is 26.2 Å². The van der Waals surface area contributed by atoms with E-state index in [4.69, 9.17) is 5.73 Å². The van der Waals surface area contributed by atoms with Crippen molar-refractivity contribution in [1.29, 1.82) is 0 Å². The highest BCUT2D eigenvalue weighted by molar-refractivity contribution is 5.78. The Bertz CT molecular complexity index is 467. The van der Waals surface area contributed by atoms with Gasteiger partial charge in [0.2, 0.25) is 5.91 Å². The first-order valence-electron chi connectivity index (χ1n) is 7.67. The summed E-state index contributed by atoms with van der Waals surface area (Å²) < 4.78 is 0. The number of rotatable bonds is 4. The summed E-state index contributed by atoms with van der Waals surface area (Å²) >= 11 is 0. The number of amides is 1. The maximum atomic E-state index is 12.1. The van der Waals surface area contributed by atoms with Crippen LogP contribution in [0.4, 0.5) is 0 Å². The predicted octanol–water partition coefficient (Wildman–Crippen LogP) is 1.58. The third-order valence-electron chi connectivity index (χ3n) is 3.93. The van der Waals surface area contributed by atoms with Gasteiger partial charge in [0.25, 0.3) is 0 Å². The van der Waals surface area contributed by atoms with Gasteiger partial charge in [0.15, 0.2) is 0 Å². The largest absolute Gasteiger partial charge is 0.350 e. The summed E-state index contributed by atoms with van der Waals surface area (Å²) in [7, 11) is 0. The quantitative estimate of drug-likeness (QED) is 0.884. The molecule has 1 aliphatic heterocycles. The van der Waals surface area contributed by atoms with Crippen molar-refractivity contribution in [2.45, 2.75) is 32.2 Å². The summed E-state index contributed by atoms with van der Waals surface area (Å²) in [4.78, 5) is 14.3. The van der Waals surface area contributed by atoms with Crippen molar-refractivity contribution in [3.05, 3.63) is 35.9 Å². The van der Waals surface area contributed by atoms with Crippen LogP contribution in [0.2, 0.25) is 0 Å². The normalized spacial score (nSPS) is 23.2. The molecule has 1 aliphatic rings. The van der Waals surface area contributed by atoms with E-state index in [1.807, 2.05) is 26.8 Å². The van der Waals surface area contributed by atoms with Crippen LogP contribution in [-0.2, 0) is 4.79 Å². The van der Waals surface area contributed by atoms with Gasteiger partial charge in [0, 0.05) is 24.5 Å². The van der Waals surface area contributed by atoms with E-state index in [9.17, 15) is 4.79 Å². The highest BCUT2D eigenvalue weighted by Crippen LogP contribution is 2.31. The topological polar surface area (TPSA) is 58.4 Å². The average Bonchev–Trinajstić information content (AvgIpc) is 2.80. The number of nitrogens with two attached hydrogens (primary N) is 1. The lowest BCUT2D eigenvalue weighted by molar-refractivity contribution is -0.123. The van der Waals surface area contributed by atoms with Gasteiger partial charge in [0.1, 0.15) is 0 Å². The molecular formula is C17H27N3O. The molecule has 0 bridgehead atoms. The molecule has 3 N–H and O–H groups in total. The Hall–Kier alpha value is -1.39. The molecule has 1 aromatic carbocycles. The molecule has 116 valence electrons. The minimum Gasteiger partial charge on any atom is -0.350 e. The van der Waals surface area contributed by atoms with Crippen LogP contribution in [0.25, 0.3) is 0 Å². The zero-order valence-corrected chi connectivity index (χ0v) is 13.3. The number of likely N-dealkylation sites (tertiary alicyclic amines) is 1. The molecule has 4 nitrogen and oxygen atoms in total. The second-order valence-corrected chi connectivity index (χ2v) is 7.01. The number of nitrogens with one attached hydrogen (secondary N) is 1. The Morgan fingerprint density at radius 3 is 2.52 bits per heavy atom. The Kier molecular flexibility index (Phi) is 5.01. The van der Waals surface area contributed by atoms with E-state index in [0.717, 1.165) is 13.1 Å². The van der Waals surface area contributed by atoms with Crippen molar-refractivity contribution >= 4 is 5.91 Å². The summed E-state index contributed by atoms with van der Waals surface area (Å²) in [5, 5.41) is 3.02. The molecule has 1 aromatic rings. The lowest BCUT2D eigenvalue weighted by Crippen LogP contribution is -2.45. The lowest BCUT2D eigenvalue weighted by atomic mass is 9.89. The van der Waals surface area contributed by atoms with Crippen LogP contribution in [0.1, 0.15) is 32.3 Å². The fraction of sp³-hybridized carbons (Fsp3) is 0.588. The fourth-order valence-electron chi connectivity index (χ4n) is 3.07. The summed E-state index contributed by atoms with van der Waals surface area (Å²) in [6, 6.07) is 10.5. The zero-order chi connectivity index (χ0) is 15.5. The molecule has 1 heterocycles. The maximum Gasteiger partial charge on any atom is 0.234 e. The van der Waals surface area contributed by atoms with Crippen LogP contribution in [0.3, 0.4) is 0 Å². The SMILES string of the molecule is CC(C)(C)NC(=O)CN1C[C@@H](CN)[C@H](c2ccccc2)C1. The van der Waals surface area contributed by atoms with Gasteiger partial charge in [-0.3, -0.25) is 9.69 Å². The number of hydrogen-bond donors (Lipinski definition) is 2. The van der Waals surface area contributed by atoms with Crippen molar-refractivity contribution < 1.29 is 4.79 Å². The molecule has 0 aliphatic carbocycles. The molecule has 0 aromatic heterocycles. The number of carbonyl (C=O) groups is 1. The summed E-state index contributed by atoms with van der Waals surface area (Å²) in [6.07, 6.45) is 0. The highest BCUT2D eigenvalue weighted by atomic mass is 16.2. The van der Waals surface area contributed by atoms with Crippen LogP contribution in [0, 0.1) is 5.92 Å². The number of carbonyl (C=O) groups excluding carboxylic acids is 1. The van der Waals surface area contributed by atoms with Crippen LogP contribution in [0.5, 0.6) is 0 Å². The summed E-state index contributed by atoms with van der Waals surface area (Å²) in [5.41, 5.74) is 7.08. The van der Waals surface area contributed by atoms with Gasteiger partial charge < -0.3 is 11.1 Å². The van der Waals surface area contributed by atoms with Crippen molar-refractivity contribution in [3.8, 4) is 0 Å². The minimum absolute atomic E-state index is 0.0898. The van der Waals surface area contributed by atoms with E-state index >= 15 is 0 Å². The molecule has 0 saturated carbocycles. The predicted molar refractivity (Wildman–Crippen MR) is 86.1 cm³/mol. The number of nitrogens with zero attached hydrogens (tertiary/aromatic N) is 1. The second kappa shape index (κ2) is 6.58. The second-order valence-electron chi connectivity index (χ2n) is 7.01. The standard InChI is InChI=1S/C17H27N3O/c1-17(2,3)19-16(21)12-20-10-14(9-18)15(11-20)13-7-5-4-6-8-13/h4-8,14-15H,9-12,18H2,1-3H3,(H,19,21)/t14-,15+/m1/s1. The van der Waals surface area contributed by atoms with Gasteiger partial charge in [-0.15, -0.1) is 0 Å². The molecular weight excluding hydrogens is 262 g/mol. The van der Waals surface area contributed by atoms with Gasteiger partial charge >= 0.3 is 0 Å². The van der Waals surface area contributed by atoms with Gasteiger partial charge in [-0.1, -0.05) is 30.3 Å². The number of hydrogen-bond acceptors (Lipinski definition) is 3. The van der Waals surface area contributed by atoms with E-state index in [0.29, 0.717) is 24.9 Å². The first-order valence-corrected chi connectivity index (χ1v) is 7.67. The zero-order valence-electron chi connectivity index (χ0n) is 13.3. The number of benzene rings is 1. The first-order chi connectivity index (χ1) is 9.89. The van der Waals surface area contributed by atoms with Gasteiger partial charge in [-0.2, -0.15) is 0 Å². The van der Waals surface area contributed by atoms with Gasteiger partial charge in [-0.05, 0) is 38.8 Å². The van der Waals surface area contributed by atoms with Crippen LogP contribution in [0.15, 0.2) is 30.3 Å². The van der Waals surface area contributed by atoms with E-state index < -0.39 is 0 Å². The molecule has 1 fully saturated rings. The molecule has 21 heavy (non-hydrogen) atoms. The Morgan fingerprint density at radius 2 is 1.95 bits per heavy atom. The lowest BCUT2D eigenvalue weighted by Gasteiger charge is -2.23. The summed E-state index contributed by atoms with van der Waals surface area (Å²) in [5.74, 6) is 0.945. The third kappa shape index (κ3) is 4.55. The Morgan fingerprint density at radius 1 is 1.29 bits per heavy atom. The maximum absolute atomic E-state index is 12.1. The molecule has 1 saturated heterocycles. The van der Waals surface area contributed by atoms with Crippen LogP contribution in [-0.4, -0.2) is 42.5 Å². The van der Waals surface area contributed by atoms with Crippen LogP contribution >= 0.6 is 0 Å². The molecule has 4 heteroatoms. The smallest absolute Gasteiger partial charge is 0.234 e. The Balaban J connectivity index is 1.98. The average molecular weight is 289 g/mol. The highest BCUT2D eigenvalue weighted by Gasteiger charge is 2.33. The van der Waals surface area contributed by atoms with E-state index in [-0.39, 0.29) is 11.4 Å². The summed E-state index contributed by atoms with van der Waals surface area (Å²) in [6.45, 7) is 8.93. The minimum atomic E-state index is -0.178. The van der Waals surface area contributed by atoms with E-state index in [1.165, 1.54) is 5.56 Å². The molecule has 1 amide bonds. The van der Waals surface area contributed by atoms with Crippen LogP contribution < -0.4 is 11.1 Å². The van der Waals surface area contributed by atoms with Gasteiger partial charge in [0.05, 0.1) is 6.54 Å². The van der Waals surface area contributed by atoms with Crippen molar-refractivity contribution in [3.63, 3.8) is 0 Å². The van der Waals surface area contributed by atoms with Gasteiger partial charge in [-0.25, -0.2) is 0 Å². The van der Waals surface area contributed by atoms with Crippen molar-refractivity contribution in [2.24, 2.45) is 11.7 Å². The van der Waals surface area contributed by atoms with E-state index in [1.54, 1.807) is 0 Å². The molecule has 2 rings (SSSR count).